The van der Waals surface area contributed by atoms with Crippen LogP contribution >= 0.6 is 7.82 Å². The van der Waals surface area contributed by atoms with Gasteiger partial charge in [-0.15, -0.1) is 19.1 Å². The summed E-state index contributed by atoms with van der Waals surface area (Å²) in [5, 5.41) is 34.1. The van der Waals surface area contributed by atoms with Crippen LogP contribution < -0.4 is 4.90 Å². The van der Waals surface area contributed by atoms with Gasteiger partial charge in [-0.25, -0.2) is 4.57 Å². The highest BCUT2D eigenvalue weighted by Gasteiger charge is 2.67. The van der Waals surface area contributed by atoms with Crippen LogP contribution in [0.15, 0.2) is 72.4 Å². The maximum absolute atomic E-state index is 13.6. The number of aliphatic hydroxyl groups excluding tert-OH is 1. The zero-order chi connectivity index (χ0) is 52.8. The van der Waals surface area contributed by atoms with Gasteiger partial charge in [0.1, 0.15) is 5.60 Å². The number of likely N-dealkylation sites (N-methyl/N-ethyl adjacent to an activating group) is 1. The Morgan fingerprint density at radius 2 is 1.68 bits per heavy atom. The minimum Gasteiger partial charge on any atom is -0.481 e. The third-order valence-corrected chi connectivity index (χ3v) is 22.6. The second kappa shape index (κ2) is 22.2. The number of anilines is 1. The van der Waals surface area contributed by atoms with Crippen LogP contribution in [0, 0.1) is 75.4 Å². The van der Waals surface area contributed by atoms with Crippen LogP contribution in [0.4, 0.5) is 5.69 Å². The topological polar surface area (TPSA) is 161 Å². The first-order chi connectivity index (χ1) is 35.3. The number of allylic oxidation sites excluding steroid dienone is 4. The van der Waals surface area contributed by atoms with Crippen molar-refractivity contribution in [3.05, 3.63) is 77.9 Å². The van der Waals surface area contributed by atoms with Gasteiger partial charge in [-0.2, -0.15) is 0 Å². The lowest BCUT2D eigenvalue weighted by atomic mass is 9.43. The molecule has 6 saturated carbocycles. The molecule has 1 aromatic rings. The molecule has 406 valence electrons. The van der Waals surface area contributed by atoms with E-state index in [2.05, 4.69) is 88.9 Å². The van der Waals surface area contributed by atoms with E-state index >= 15 is 0 Å². The normalized spacial score (nSPS) is 38.7. The molecule has 2 unspecified atom stereocenters. The van der Waals surface area contributed by atoms with Crippen molar-refractivity contribution in [3.8, 4) is 11.8 Å². The maximum atomic E-state index is 13.6. The summed E-state index contributed by atoms with van der Waals surface area (Å²) in [5.41, 5.74) is 4.75. The number of aliphatic carboxylic acids is 1. The van der Waals surface area contributed by atoms with E-state index in [1.54, 1.807) is 0 Å². The molecule has 8 aliphatic carbocycles. The third-order valence-electron chi connectivity index (χ3n) is 21.2. The molecule has 0 aliphatic heterocycles. The van der Waals surface area contributed by atoms with Gasteiger partial charge in [0.2, 0.25) is 0 Å². The number of nitrogens with zero attached hydrogens (tertiary/aromatic N) is 1. The first-order valence-electron chi connectivity index (χ1n) is 28.2. The van der Waals surface area contributed by atoms with Crippen molar-refractivity contribution < 1.29 is 52.5 Å². The highest BCUT2D eigenvalue weighted by Crippen LogP contribution is 2.70. The van der Waals surface area contributed by atoms with E-state index in [4.69, 9.17) is 23.0 Å². The van der Waals surface area contributed by atoms with Gasteiger partial charge in [-0.05, 0) is 190 Å². The molecule has 0 radical (unpaired) electrons. The van der Waals surface area contributed by atoms with Gasteiger partial charge in [-0.1, -0.05) is 63.5 Å². The van der Waals surface area contributed by atoms with Gasteiger partial charge in [0.25, 0.3) is 0 Å². The Bertz CT molecular complexity index is 2430. The average molecular weight is 1040 g/mol. The predicted molar refractivity (Wildman–Crippen MR) is 287 cm³/mol. The first-order valence-corrected chi connectivity index (χ1v) is 29.6. The molecule has 1 aromatic carbocycles. The highest BCUT2D eigenvalue weighted by molar-refractivity contribution is 7.48. The second-order valence-corrected chi connectivity index (χ2v) is 26.2. The van der Waals surface area contributed by atoms with Crippen LogP contribution in [0.2, 0.25) is 0 Å². The number of ether oxygens (including phenoxy) is 2. The van der Waals surface area contributed by atoms with Gasteiger partial charge in [0, 0.05) is 43.5 Å². The van der Waals surface area contributed by atoms with Crippen LogP contribution in [-0.4, -0.2) is 91.2 Å². The first kappa shape index (κ1) is 55.4. The van der Waals surface area contributed by atoms with E-state index in [-0.39, 0.29) is 96.7 Å². The number of fused-ring (bicyclic) bond motifs is 9. The number of benzene rings is 1. The minimum absolute atomic E-state index is 0.0149. The molecule has 13 heteroatoms. The summed E-state index contributed by atoms with van der Waals surface area (Å²) in [6.07, 6.45) is 16.8. The Balaban J connectivity index is 0.883. The number of ketones is 1. The average Bonchev–Trinajstić information content (AvgIpc) is 3.88. The van der Waals surface area contributed by atoms with Gasteiger partial charge in [-0.3, -0.25) is 23.2 Å². The molecule has 9 rings (SSSR count). The largest absolute Gasteiger partial charge is 0.481 e. The number of phosphoric acid groups is 1. The van der Waals surface area contributed by atoms with Crippen molar-refractivity contribution in [2.75, 3.05) is 45.1 Å². The lowest BCUT2D eigenvalue weighted by molar-refractivity contribution is -0.228. The van der Waals surface area contributed by atoms with E-state index in [0.29, 0.717) is 44.1 Å². The number of hydrogen-bond acceptors (Lipinski definition) is 11. The van der Waals surface area contributed by atoms with Crippen molar-refractivity contribution >= 4 is 25.3 Å². The van der Waals surface area contributed by atoms with Crippen molar-refractivity contribution in [2.45, 2.75) is 167 Å². The number of carboxylic acid groups (broad SMARTS) is 1. The van der Waals surface area contributed by atoms with Crippen LogP contribution in [0.3, 0.4) is 0 Å². The summed E-state index contributed by atoms with van der Waals surface area (Å²) in [6.45, 7) is 19.3. The second-order valence-electron chi connectivity index (χ2n) is 24.6. The number of aliphatic hydroxyl groups is 2. The molecule has 3 N–H and O–H groups in total. The minimum atomic E-state index is -3.98. The van der Waals surface area contributed by atoms with Crippen molar-refractivity contribution in [1.82, 2.24) is 0 Å². The predicted octanol–water partition coefficient (Wildman–Crippen LogP) is 11.8. The molecular formula is C61H86NO11P. The summed E-state index contributed by atoms with van der Waals surface area (Å²) in [7, 11) is -1.85. The Kier molecular flexibility index (Phi) is 16.6. The lowest BCUT2D eigenvalue weighted by Gasteiger charge is -2.64. The number of carboxylic acids is 1. The van der Waals surface area contributed by atoms with Crippen LogP contribution in [-0.2, 0) is 37.2 Å². The van der Waals surface area contributed by atoms with Crippen LogP contribution in [0.25, 0.3) is 0 Å². The van der Waals surface area contributed by atoms with Gasteiger partial charge < -0.3 is 29.7 Å². The van der Waals surface area contributed by atoms with E-state index in [1.165, 1.54) is 34.4 Å². The summed E-state index contributed by atoms with van der Waals surface area (Å²) in [5.74, 6) is 7.78. The molecule has 0 bridgehead atoms. The molecule has 6 fully saturated rings. The van der Waals surface area contributed by atoms with Crippen molar-refractivity contribution in [3.63, 3.8) is 0 Å². The number of carbonyl (C=O) groups is 2. The highest BCUT2D eigenvalue weighted by atomic mass is 31.2. The Morgan fingerprint density at radius 3 is 2.38 bits per heavy atom. The zero-order valence-corrected chi connectivity index (χ0v) is 46.1. The lowest BCUT2D eigenvalue weighted by Crippen LogP contribution is -2.63. The summed E-state index contributed by atoms with van der Waals surface area (Å²) >= 11 is 0. The molecule has 12 nitrogen and oxygen atoms in total. The SMILES string of the molecule is C=CCOP(=O)(OCC=C)OCO[C@@H]1C[C@@H]2C[C@@H](OCCN(C)c3ccc([C@H]4C[C@@]5(C)C(CC[C@@]5(O)C#CC)C5CCC6=CC(=O)CCC6=C54)cc3)CC[C@]2(C)[C@H]2C[C@H](O)[C@]3(C)[C@@H]([C@H](C)CCC(=O)O)CC[C@H]3[C@H]12. The smallest absolute Gasteiger partial charge is 0.477 e. The molecule has 0 amide bonds. The molecule has 0 saturated heterocycles. The number of carbonyl (C=O) groups excluding carboxylic acids is 1. The monoisotopic (exact) mass is 1040 g/mol. The Hall–Kier alpha value is -3.37. The number of hydrogen-bond donors (Lipinski definition) is 3. The van der Waals surface area contributed by atoms with E-state index < -0.39 is 30.9 Å². The molecule has 0 heterocycles. The summed E-state index contributed by atoms with van der Waals surface area (Å²) in [4.78, 5) is 26.5. The fourth-order valence-electron chi connectivity index (χ4n) is 17.4. The summed E-state index contributed by atoms with van der Waals surface area (Å²) in [6, 6.07) is 9.05. The zero-order valence-electron chi connectivity index (χ0n) is 45.2. The van der Waals surface area contributed by atoms with E-state index in [9.17, 15) is 29.5 Å². The molecule has 8 aliphatic rings. The van der Waals surface area contributed by atoms with E-state index in [0.717, 1.165) is 82.9 Å². The Labute approximate surface area is 441 Å². The molecular weight excluding hydrogens is 954 g/mol. The quantitative estimate of drug-likeness (QED) is 0.0491. The maximum Gasteiger partial charge on any atom is 0.477 e. The van der Waals surface area contributed by atoms with Crippen molar-refractivity contribution in [2.24, 2.45) is 63.6 Å². The molecule has 16 atom stereocenters. The van der Waals surface area contributed by atoms with Gasteiger partial charge >= 0.3 is 13.8 Å². The third kappa shape index (κ3) is 10.2. The van der Waals surface area contributed by atoms with E-state index in [1.807, 2.05) is 13.0 Å². The van der Waals surface area contributed by atoms with Gasteiger partial charge in [0.05, 0.1) is 38.1 Å². The van der Waals surface area contributed by atoms with Crippen molar-refractivity contribution in [1.29, 1.82) is 0 Å². The molecule has 74 heavy (non-hydrogen) atoms. The fraction of sp³-hybridized carbons (Fsp3) is 0.705. The molecule has 0 spiro atoms. The van der Waals surface area contributed by atoms with Crippen LogP contribution in [0.1, 0.15) is 149 Å². The van der Waals surface area contributed by atoms with Crippen LogP contribution in [0.5, 0.6) is 0 Å². The standard InChI is InChI=1S/C61H86NO11P/c1-9-26-61(67)28-25-50-47-19-15-41-33-44(63)18-20-46(41)56(47)48(37-59(50,61)6)40-13-16-43(17-14-40)62(8)29-32-69-45-24-27-58(5)42(34-45)35-53(70-38-73-74(68,71-30-10-2)72-31-11-3)57-51-22-21-49(39(4)12-23-55(65)66)60(51,7)54(64)36-52(57)58/h10-11,13-14,16-17,33,39,42,45,47-54,57,64,67H,2-3,12,15,18-25,27-32,34-38H2,1,4-8H3,(H,65,66)/t39-,42+,45+,47?,48-,49-,50?,51+,52+,53-,54+,57+,58+,59+,60-,61+/m1/s1. The molecule has 0 aromatic heterocycles. The Morgan fingerprint density at radius 1 is 0.932 bits per heavy atom. The summed E-state index contributed by atoms with van der Waals surface area (Å²) < 4.78 is 44.0. The fourth-order valence-corrected chi connectivity index (χ4v) is 18.4. The number of rotatable bonds is 20. The number of phosphoric ester groups is 1. The van der Waals surface area contributed by atoms with Gasteiger partial charge in [0.15, 0.2) is 12.6 Å².